The molecule has 27 heavy (non-hydrogen) atoms. The summed E-state index contributed by atoms with van der Waals surface area (Å²) in [6.45, 7) is 2.74. The Kier molecular flexibility index (Phi) is 5.66. The largest absolute Gasteiger partial charge is 0.489 e. The van der Waals surface area contributed by atoms with Crippen molar-refractivity contribution in [1.29, 1.82) is 0 Å². The van der Waals surface area contributed by atoms with Crippen molar-refractivity contribution in [3.63, 3.8) is 0 Å². The van der Waals surface area contributed by atoms with Gasteiger partial charge in [-0.05, 0) is 30.7 Å². The Morgan fingerprint density at radius 2 is 1.96 bits per heavy atom. The van der Waals surface area contributed by atoms with Crippen LogP contribution in [-0.2, 0) is 13.2 Å². The molecule has 0 aliphatic carbocycles. The van der Waals surface area contributed by atoms with Crippen LogP contribution in [0.15, 0.2) is 54.6 Å². The number of rotatable bonds is 6. The van der Waals surface area contributed by atoms with Crippen LogP contribution in [0.2, 0.25) is 5.02 Å². The second-order valence-electron chi connectivity index (χ2n) is 6.17. The zero-order chi connectivity index (χ0) is 19.4. The first-order valence-corrected chi connectivity index (χ1v) is 8.78. The molecule has 7 heteroatoms. The molecule has 0 bridgehead atoms. The van der Waals surface area contributed by atoms with Crippen LogP contribution < -0.4 is 9.64 Å². The van der Waals surface area contributed by atoms with Crippen LogP contribution in [0.4, 0.5) is 10.6 Å². The summed E-state index contributed by atoms with van der Waals surface area (Å²) in [6, 6.07) is 17.1. The molecule has 1 aromatic heterocycles. The van der Waals surface area contributed by atoms with Crippen molar-refractivity contribution in [2.45, 2.75) is 20.1 Å². The number of aromatic nitrogens is 2. The van der Waals surface area contributed by atoms with Crippen molar-refractivity contribution in [1.82, 2.24) is 9.78 Å². The standard InChI is InChI=1S/C20H20ClN3O3/c1-14-10-19(23(2)20(25)26)22-24(14)12-16-11-17(21)8-9-18(16)27-13-15-6-4-3-5-7-15/h3-11H,12-13H2,1-2H3,(H,25,26). The fraction of sp³-hybridized carbons (Fsp3) is 0.200. The fourth-order valence-corrected chi connectivity index (χ4v) is 2.82. The third-order valence-electron chi connectivity index (χ3n) is 4.18. The van der Waals surface area contributed by atoms with Crippen LogP contribution in [0.5, 0.6) is 5.75 Å². The minimum Gasteiger partial charge on any atom is -0.489 e. The van der Waals surface area contributed by atoms with Crippen LogP contribution in [0.3, 0.4) is 0 Å². The second-order valence-corrected chi connectivity index (χ2v) is 6.61. The second kappa shape index (κ2) is 8.14. The maximum Gasteiger partial charge on any atom is 0.412 e. The van der Waals surface area contributed by atoms with Crippen molar-refractivity contribution < 1.29 is 14.6 Å². The lowest BCUT2D eigenvalue weighted by atomic mass is 10.2. The molecule has 0 saturated heterocycles. The Morgan fingerprint density at radius 3 is 2.67 bits per heavy atom. The number of hydrogen-bond acceptors (Lipinski definition) is 3. The minimum atomic E-state index is -1.06. The van der Waals surface area contributed by atoms with E-state index < -0.39 is 6.09 Å². The summed E-state index contributed by atoms with van der Waals surface area (Å²) in [6.07, 6.45) is -1.06. The summed E-state index contributed by atoms with van der Waals surface area (Å²) in [7, 11) is 1.46. The van der Waals surface area contributed by atoms with Gasteiger partial charge in [-0.1, -0.05) is 41.9 Å². The van der Waals surface area contributed by atoms with Gasteiger partial charge in [-0.2, -0.15) is 5.10 Å². The highest BCUT2D eigenvalue weighted by Gasteiger charge is 2.15. The molecule has 3 aromatic rings. The number of carboxylic acid groups (broad SMARTS) is 1. The van der Waals surface area contributed by atoms with Crippen molar-refractivity contribution in [2.75, 3.05) is 11.9 Å². The maximum absolute atomic E-state index is 11.1. The molecule has 0 radical (unpaired) electrons. The normalized spacial score (nSPS) is 10.6. The van der Waals surface area contributed by atoms with Gasteiger partial charge >= 0.3 is 6.09 Å². The van der Waals surface area contributed by atoms with E-state index in [0.29, 0.717) is 29.7 Å². The van der Waals surface area contributed by atoms with E-state index >= 15 is 0 Å². The van der Waals surface area contributed by atoms with Gasteiger partial charge in [-0.3, -0.25) is 9.58 Å². The summed E-state index contributed by atoms with van der Waals surface area (Å²) >= 11 is 6.17. The molecular formula is C20H20ClN3O3. The average Bonchev–Trinajstić information content (AvgIpc) is 3.01. The first-order valence-electron chi connectivity index (χ1n) is 8.40. The van der Waals surface area contributed by atoms with Crippen molar-refractivity contribution in [3.8, 4) is 5.75 Å². The zero-order valence-corrected chi connectivity index (χ0v) is 15.8. The number of carbonyl (C=O) groups is 1. The highest BCUT2D eigenvalue weighted by molar-refractivity contribution is 6.30. The van der Waals surface area contributed by atoms with Crippen LogP contribution in [-0.4, -0.2) is 28.0 Å². The van der Waals surface area contributed by atoms with Gasteiger partial charge in [0.2, 0.25) is 0 Å². The molecule has 0 aliphatic rings. The monoisotopic (exact) mass is 385 g/mol. The first kappa shape index (κ1) is 18.8. The Labute approximate surface area is 162 Å². The maximum atomic E-state index is 11.1. The predicted molar refractivity (Wildman–Crippen MR) is 105 cm³/mol. The molecule has 1 heterocycles. The number of halogens is 1. The van der Waals surface area contributed by atoms with E-state index in [9.17, 15) is 4.79 Å². The summed E-state index contributed by atoms with van der Waals surface area (Å²) in [4.78, 5) is 12.2. The van der Waals surface area contributed by atoms with E-state index in [2.05, 4.69) is 5.10 Å². The highest BCUT2D eigenvalue weighted by atomic mass is 35.5. The number of hydrogen-bond donors (Lipinski definition) is 1. The molecule has 2 aromatic carbocycles. The molecule has 0 fully saturated rings. The van der Waals surface area contributed by atoms with E-state index in [-0.39, 0.29) is 0 Å². The molecular weight excluding hydrogens is 366 g/mol. The topological polar surface area (TPSA) is 67.6 Å². The Balaban J connectivity index is 1.82. The summed E-state index contributed by atoms with van der Waals surface area (Å²) < 4.78 is 7.71. The first-order chi connectivity index (χ1) is 12.9. The number of amides is 1. The summed E-state index contributed by atoms with van der Waals surface area (Å²) in [5.41, 5.74) is 2.78. The smallest absolute Gasteiger partial charge is 0.412 e. The molecule has 6 nitrogen and oxygen atoms in total. The highest BCUT2D eigenvalue weighted by Crippen LogP contribution is 2.26. The SMILES string of the molecule is Cc1cc(N(C)C(=O)O)nn1Cc1cc(Cl)ccc1OCc1ccccc1. The lowest BCUT2D eigenvalue weighted by Gasteiger charge is -2.13. The van der Waals surface area contributed by atoms with E-state index in [1.165, 1.54) is 7.05 Å². The van der Waals surface area contributed by atoms with Gasteiger partial charge in [-0.25, -0.2) is 4.79 Å². The van der Waals surface area contributed by atoms with Crippen LogP contribution >= 0.6 is 11.6 Å². The van der Waals surface area contributed by atoms with Gasteiger partial charge in [0.25, 0.3) is 0 Å². The Bertz CT molecular complexity index is 941. The average molecular weight is 386 g/mol. The van der Waals surface area contributed by atoms with E-state index in [4.69, 9.17) is 21.4 Å². The Hall–Kier alpha value is -2.99. The molecule has 0 unspecified atom stereocenters. The van der Waals surface area contributed by atoms with Crippen LogP contribution in [0.25, 0.3) is 0 Å². The molecule has 1 amide bonds. The number of anilines is 1. The molecule has 140 valence electrons. The Morgan fingerprint density at radius 1 is 1.22 bits per heavy atom. The fourth-order valence-electron chi connectivity index (χ4n) is 2.62. The van der Waals surface area contributed by atoms with Gasteiger partial charge in [0, 0.05) is 29.4 Å². The number of aryl methyl sites for hydroxylation is 1. The van der Waals surface area contributed by atoms with Crippen LogP contribution in [0.1, 0.15) is 16.8 Å². The molecule has 0 aliphatic heterocycles. The van der Waals surface area contributed by atoms with Crippen LogP contribution in [0, 0.1) is 6.92 Å². The lowest BCUT2D eigenvalue weighted by Crippen LogP contribution is -2.24. The van der Waals surface area contributed by atoms with Crippen molar-refractivity contribution >= 4 is 23.5 Å². The number of benzene rings is 2. The third kappa shape index (κ3) is 4.60. The quantitative estimate of drug-likeness (QED) is 0.674. The number of nitrogens with zero attached hydrogens (tertiary/aromatic N) is 3. The summed E-state index contributed by atoms with van der Waals surface area (Å²) in [5, 5.41) is 14.1. The number of ether oxygens (including phenoxy) is 1. The molecule has 1 N–H and O–H groups in total. The third-order valence-corrected chi connectivity index (χ3v) is 4.41. The zero-order valence-electron chi connectivity index (χ0n) is 15.1. The van der Waals surface area contributed by atoms with Crippen molar-refractivity contribution in [2.24, 2.45) is 0 Å². The molecule has 0 saturated carbocycles. The van der Waals surface area contributed by atoms with Gasteiger partial charge in [0.1, 0.15) is 12.4 Å². The van der Waals surface area contributed by atoms with Gasteiger partial charge < -0.3 is 9.84 Å². The van der Waals surface area contributed by atoms with Gasteiger partial charge in [-0.15, -0.1) is 0 Å². The molecule has 3 rings (SSSR count). The molecule has 0 atom stereocenters. The van der Waals surface area contributed by atoms with Crippen molar-refractivity contribution in [3.05, 3.63) is 76.4 Å². The lowest BCUT2D eigenvalue weighted by molar-refractivity contribution is 0.203. The van der Waals surface area contributed by atoms with E-state index in [0.717, 1.165) is 21.7 Å². The summed E-state index contributed by atoms with van der Waals surface area (Å²) in [5.74, 6) is 1.08. The van der Waals surface area contributed by atoms with Gasteiger partial charge in [0.05, 0.1) is 6.54 Å². The van der Waals surface area contributed by atoms with E-state index in [1.54, 1.807) is 16.8 Å². The molecule has 0 spiro atoms. The van der Waals surface area contributed by atoms with E-state index in [1.807, 2.05) is 49.4 Å². The minimum absolute atomic E-state index is 0.369. The van der Waals surface area contributed by atoms with Gasteiger partial charge in [0.15, 0.2) is 5.82 Å². The predicted octanol–water partition coefficient (Wildman–Crippen LogP) is 4.59.